The Morgan fingerprint density at radius 3 is 1.42 bits per heavy atom. The van der Waals surface area contributed by atoms with Crippen LogP contribution in [0.5, 0.6) is 5.75 Å². The highest BCUT2D eigenvalue weighted by atomic mass is 16.4. The van der Waals surface area contributed by atoms with Crippen molar-refractivity contribution in [2.45, 2.75) is 183 Å². The summed E-state index contributed by atoms with van der Waals surface area (Å²) in [5.74, 6) is -9.57. The second-order valence-electron chi connectivity index (χ2n) is 23.2. The second-order valence-corrected chi connectivity index (χ2v) is 23.2. The number of likely N-dealkylation sites (tertiary alicyclic amines) is 4. The summed E-state index contributed by atoms with van der Waals surface area (Å²) < 4.78 is 0. The van der Waals surface area contributed by atoms with Gasteiger partial charge in [-0.1, -0.05) is 56.3 Å². The van der Waals surface area contributed by atoms with Crippen LogP contribution in [0, 0.1) is 5.92 Å². The highest BCUT2D eigenvalue weighted by molar-refractivity contribution is 5.99. The van der Waals surface area contributed by atoms with Gasteiger partial charge >= 0.3 is 11.9 Å². The van der Waals surface area contributed by atoms with E-state index in [1.165, 1.54) is 31.7 Å². The SMILES string of the molecule is CC(C)C[C@H](NC(=O)[C@H](CCC(=O)O)NC(=O)[C@@H]1CCCN1C(=O)[C@H](CCC(N)=O)NC(=O)[C@@H]1CCCN1C(=O)[C@H](Cc1ccccc1)NC(=O)[C@@H]1CCCN1)C(=O)N1CCC[C@H]1C(=O)N[C@@H](Cc1ccc(O)cc1)C(=O)N1CCC[C@H]1C(=O)O. The Morgan fingerprint density at radius 1 is 0.518 bits per heavy atom. The van der Waals surface area contributed by atoms with Gasteiger partial charge in [0, 0.05) is 51.9 Å². The number of nitrogens with one attached hydrogen (secondary N) is 6. The number of carbonyl (C=O) groups excluding carboxylic acids is 10. The van der Waals surface area contributed by atoms with Crippen LogP contribution in [0.2, 0.25) is 0 Å². The van der Waals surface area contributed by atoms with Crippen LogP contribution in [-0.4, -0.2) is 199 Å². The largest absolute Gasteiger partial charge is 0.508 e. The first-order chi connectivity index (χ1) is 40.6. The van der Waals surface area contributed by atoms with Gasteiger partial charge in [-0.15, -0.1) is 0 Å². The van der Waals surface area contributed by atoms with E-state index in [-0.39, 0.29) is 102 Å². The predicted octanol–water partition coefficient (Wildman–Crippen LogP) is -0.422. The third-order valence-electron chi connectivity index (χ3n) is 16.5. The summed E-state index contributed by atoms with van der Waals surface area (Å²) in [7, 11) is 0. The average molecular weight is 1180 g/mol. The van der Waals surface area contributed by atoms with E-state index < -0.39 is 138 Å². The van der Waals surface area contributed by atoms with E-state index in [4.69, 9.17) is 5.73 Å². The molecule has 462 valence electrons. The number of aliphatic carboxylic acids is 2. The number of nitrogens with two attached hydrogens (primary N) is 1. The van der Waals surface area contributed by atoms with Crippen molar-refractivity contribution in [3.05, 3.63) is 65.7 Å². The number of primary amides is 1. The highest BCUT2D eigenvalue weighted by Crippen LogP contribution is 2.26. The number of phenolic OH excluding ortho intramolecular Hbond substituents is 1. The van der Waals surface area contributed by atoms with Gasteiger partial charge in [-0.25, -0.2) is 4.79 Å². The van der Waals surface area contributed by atoms with Crippen LogP contribution in [0.4, 0.5) is 0 Å². The second kappa shape index (κ2) is 30.1. The molecule has 10 atom stereocenters. The summed E-state index contributed by atoms with van der Waals surface area (Å²) in [6.07, 6.45) is 2.09. The van der Waals surface area contributed by atoms with Crippen LogP contribution < -0.4 is 37.6 Å². The summed E-state index contributed by atoms with van der Waals surface area (Å²) in [4.78, 5) is 170. The minimum absolute atomic E-state index is 0.0129. The zero-order valence-electron chi connectivity index (χ0n) is 48.2. The molecule has 26 nitrogen and oxygen atoms in total. The van der Waals surface area contributed by atoms with Crippen LogP contribution in [0.1, 0.15) is 121 Å². The third kappa shape index (κ3) is 17.2. The number of benzene rings is 2. The fourth-order valence-electron chi connectivity index (χ4n) is 12.1. The molecule has 0 aliphatic carbocycles. The first-order valence-corrected chi connectivity index (χ1v) is 29.6. The Balaban J connectivity index is 1.03. The fourth-order valence-corrected chi connectivity index (χ4v) is 12.1. The van der Waals surface area contributed by atoms with E-state index in [2.05, 4.69) is 31.9 Å². The van der Waals surface area contributed by atoms with Crippen LogP contribution >= 0.6 is 0 Å². The van der Waals surface area contributed by atoms with Gasteiger partial charge in [-0.3, -0.25) is 52.7 Å². The van der Waals surface area contributed by atoms with Crippen molar-refractivity contribution in [1.82, 2.24) is 51.5 Å². The van der Waals surface area contributed by atoms with E-state index in [0.29, 0.717) is 44.2 Å². The Bertz CT molecular complexity index is 2780. The van der Waals surface area contributed by atoms with Crippen molar-refractivity contribution >= 4 is 71.0 Å². The minimum Gasteiger partial charge on any atom is -0.508 e. The van der Waals surface area contributed by atoms with Crippen LogP contribution in [0.15, 0.2) is 54.6 Å². The molecule has 0 spiro atoms. The van der Waals surface area contributed by atoms with E-state index in [1.807, 2.05) is 30.3 Å². The van der Waals surface area contributed by atoms with E-state index in [9.17, 15) is 72.9 Å². The van der Waals surface area contributed by atoms with Crippen molar-refractivity contribution in [1.29, 1.82) is 0 Å². The lowest BCUT2D eigenvalue weighted by atomic mass is 10.0. The van der Waals surface area contributed by atoms with Crippen molar-refractivity contribution in [2.75, 3.05) is 32.7 Å². The molecule has 2 aromatic rings. The maximum absolute atomic E-state index is 14.6. The summed E-state index contributed by atoms with van der Waals surface area (Å²) in [6, 6.07) is 3.47. The molecule has 5 heterocycles. The number of carboxylic acid groups (broad SMARTS) is 2. The molecule has 10 amide bonds. The van der Waals surface area contributed by atoms with Gasteiger partial charge in [-0.05, 0) is 119 Å². The van der Waals surface area contributed by atoms with E-state index in [1.54, 1.807) is 26.0 Å². The Labute approximate surface area is 493 Å². The van der Waals surface area contributed by atoms with Gasteiger partial charge < -0.3 is 72.6 Å². The number of hydrogen-bond acceptors (Lipinski definition) is 14. The quantitative estimate of drug-likeness (QED) is 0.0543. The van der Waals surface area contributed by atoms with Crippen molar-refractivity contribution < 1.29 is 72.9 Å². The van der Waals surface area contributed by atoms with Crippen LogP contribution in [0.25, 0.3) is 0 Å². The summed E-state index contributed by atoms with van der Waals surface area (Å²) in [5.41, 5.74) is 6.86. The van der Waals surface area contributed by atoms with Gasteiger partial charge in [0.1, 0.15) is 60.1 Å². The Morgan fingerprint density at radius 2 is 0.953 bits per heavy atom. The number of hydrogen-bond donors (Lipinski definition) is 10. The minimum atomic E-state index is -1.56. The monoisotopic (exact) mass is 1180 g/mol. The Hall–Kier alpha value is -8.16. The zero-order chi connectivity index (χ0) is 61.5. The number of carbonyl (C=O) groups is 12. The molecule has 5 fully saturated rings. The molecule has 26 heteroatoms. The Kier molecular flexibility index (Phi) is 22.8. The lowest BCUT2D eigenvalue weighted by molar-refractivity contribution is -0.149. The fraction of sp³-hybridized carbons (Fsp3) is 0.593. The maximum Gasteiger partial charge on any atom is 0.326 e. The van der Waals surface area contributed by atoms with Crippen LogP contribution in [0.3, 0.4) is 0 Å². The number of aromatic hydroxyl groups is 1. The van der Waals surface area contributed by atoms with E-state index >= 15 is 0 Å². The lowest BCUT2D eigenvalue weighted by Crippen LogP contribution is -2.60. The normalized spacial score (nSPS) is 22.0. The third-order valence-corrected chi connectivity index (χ3v) is 16.5. The smallest absolute Gasteiger partial charge is 0.326 e. The molecule has 11 N–H and O–H groups in total. The number of rotatable bonds is 27. The molecule has 0 saturated carbocycles. The molecule has 0 aromatic heterocycles. The van der Waals surface area contributed by atoms with Gasteiger partial charge in [0.05, 0.1) is 6.04 Å². The summed E-state index contributed by atoms with van der Waals surface area (Å²) >= 11 is 0. The molecule has 5 aliphatic heterocycles. The van der Waals surface area contributed by atoms with Gasteiger partial charge in [0.2, 0.25) is 59.1 Å². The van der Waals surface area contributed by atoms with Crippen LogP contribution in [-0.2, 0) is 70.4 Å². The molecule has 85 heavy (non-hydrogen) atoms. The van der Waals surface area contributed by atoms with Gasteiger partial charge in [-0.2, -0.15) is 0 Å². The molecular formula is C59H81N11O15. The van der Waals surface area contributed by atoms with Gasteiger partial charge in [0.25, 0.3) is 0 Å². The number of amides is 10. The highest BCUT2D eigenvalue weighted by Gasteiger charge is 2.45. The summed E-state index contributed by atoms with van der Waals surface area (Å²) in [6.45, 7) is 4.67. The predicted molar refractivity (Wildman–Crippen MR) is 304 cm³/mol. The average Bonchev–Trinajstić information content (AvgIpc) is 4.09. The molecule has 5 saturated heterocycles. The molecule has 7 rings (SSSR count). The molecular weight excluding hydrogens is 1100 g/mol. The zero-order valence-corrected chi connectivity index (χ0v) is 48.2. The van der Waals surface area contributed by atoms with Crippen molar-refractivity contribution in [3.8, 4) is 5.75 Å². The molecule has 0 unspecified atom stereocenters. The molecule has 5 aliphatic rings. The van der Waals surface area contributed by atoms with Crippen molar-refractivity contribution in [3.63, 3.8) is 0 Å². The number of phenols is 1. The summed E-state index contributed by atoms with van der Waals surface area (Å²) in [5, 5.41) is 46.4. The lowest BCUT2D eigenvalue weighted by Gasteiger charge is -2.33. The molecule has 0 bridgehead atoms. The molecule has 2 aromatic carbocycles. The first-order valence-electron chi connectivity index (χ1n) is 29.6. The molecule has 0 radical (unpaired) electrons. The standard InChI is InChI=1S/C59H81N11O15/c1-34(2)31-41(56(81)68-28-9-16-46(68)54(79)66-43(33-36-18-20-37(71)21-19-36)58(83)70-30-10-17-47(70)59(84)85)64-51(76)39(23-25-49(73)74)62-52(77)44-14-7-27-67(44)55(80)40(22-24-48(60)72)63-53(78)45-15-8-29-69(45)57(82)42(32-35-11-4-3-5-12-35)65-50(75)38-13-6-26-61-38/h3-5,11-12,18-21,34,38-47,61,71H,6-10,13-17,22-33H2,1-2H3,(H2,60,72)(H,62,77)(H,63,78)(H,64,76)(H,65,75)(H,66,79)(H,73,74)(H,84,85)/t38-,39-,40-,41-,42-,43-,44-,45-,46-,47-/m0/s1. The maximum atomic E-state index is 14.6. The number of nitrogens with zero attached hydrogens (tertiary/aromatic N) is 4. The topological polar surface area (TPSA) is 377 Å². The van der Waals surface area contributed by atoms with Crippen molar-refractivity contribution in [2.24, 2.45) is 11.7 Å². The first kappa shape index (κ1) is 64.4. The van der Waals surface area contributed by atoms with Gasteiger partial charge in [0.15, 0.2) is 0 Å². The number of carboxylic acids is 2. The van der Waals surface area contributed by atoms with E-state index in [0.717, 1.165) is 12.0 Å².